The van der Waals surface area contributed by atoms with Crippen molar-refractivity contribution in [3.05, 3.63) is 54.1 Å². The minimum Gasteiger partial charge on any atom is -0.495 e. The molecule has 0 saturated carbocycles. The highest BCUT2D eigenvalue weighted by Gasteiger charge is 2.27. The van der Waals surface area contributed by atoms with E-state index in [1.165, 1.54) is 13.2 Å². The highest BCUT2D eigenvalue weighted by molar-refractivity contribution is 7.89. The maximum atomic E-state index is 12.5. The van der Waals surface area contributed by atoms with Gasteiger partial charge in [0.1, 0.15) is 23.0 Å². The summed E-state index contributed by atoms with van der Waals surface area (Å²) in [5.74, 6) is 1.14. The molecule has 5 nitrogen and oxygen atoms in total. The topological polar surface area (TPSA) is 64.6 Å². The molecule has 1 aliphatic heterocycles. The van der Waals surface area contributed by atoms with Crippen molar-refractivity contribution in [3.63, 3.8) is 0 Å². The average Bonchev–Trinajstić information content (AvgIpc) is 2.54. The van der Waals surface area contributed by atoms with Gasteiger partial charge in [0.25, 0.3) is 0 Å². The number of hydrogen-bond acceptors (Lipinski definition) is 4. The molecule has 0 aromatic heterocycles. The fourth-order valence-electron chi connectivity index (χ4n) is 2.53. The van der Waals surface area contributed by atoms with E-state index in [0.29, 0.717) is 18.8 Å². The lowest BCUT2D eigenvalue weighted by Gasteiger charge is -2.26. The van der Waals surface area contributed by atoms with Gasteiger partial charge in [0.15, 0.2) is 0 Å². The number of rotatable bonds is 4. The lowest BCUT2D eigenvalue weighted by molar-refractivity contribution is 0.254. The van der Waals surface area contributed by atoms with Gasteiger partial charge in [-0.2, -0.15) is 0 Å². The second kappa shape index (κ2) is 5.98. The Balaban J connectivity index is 1.81. The molecule has 1 aliphatic rings. The van der Waals surface area contributed by atoms with Crippen LogP contribution in [0.25, 0.3) is 0 Å². The second-order valence-corrected chi connectivity index (χ2v) is 6.77. The highest BCUT2D eigenvalue weighted by atomic mass is 32.2. The first-order valence-corrected chi connectivity index (χ1v) is 8.44. The van der Waals surface area contributed by atoms with Gasteiger partial charge in [0.05, 0.1) is 13.2 Å². The SMILES string of the molecule is COc1ccccc1S(=O)(=O)N[C@H]1COc2ccccc2C1. The van der Waals surface area contributed by atoms with E-state index in [1.54, 1.807) is 18.2 Å². The first kappa shape index (κ1) is 14.9. The van der Waals surface area contributed by atoms with Crippen molar-refractivity contribution in [3.8, 4) is 11.5 Å². The Kier molecular flexibility index (Phi) is 4.04. The van der Waals surface area contributed by atoms with E-state index in [1.807, 2.05) is 24.3 Å². The van der Waals surface area contributed by atoms with E-state index < -0.39 is 10.0 Å². The van der Waals surface area contributed by atoms with Crippen molar-refractivity contribution in [1.82, 2.24) is 4.72 Å². The fraction of sp³-hybridized carbons (Fsp3) is 0.250. The van der Waals surface area contributed by atoms with Gasteiger partial charge in [0, 0.05) is 0 Å². The molecule has 2 aromatic carbocycles. The summed E-state index contributed by atoms with van der Waals surface area (Å²) in [4.78, 5) is 0.136. The molecule has 3 rings (SSSR count). The summed E-state index contributed by atoms with van der Waals surface area (Å²) in [6, 6.07) is 13.9. The third kappa shape index (κ3) is 2.93. The minimum absolute atomic E-state index is 0.136. The number of sulfonamides is 1. The number of para-hydroxylation sites is 2. The number of fused-ring (bicyclic) bond motifs is 1. The molecule has 2 aromatic rings. The van der Waals surface area contributed by atoms with Gasteiger partial charge in [-0.15, -0.1) is 0 Å². The Morgan fingerprint density at radius 2 is 1.86 bits per heavy atom. The van der Waals surface area contributed by atoms with E-state index in [2.05, 4.69) is 4.72 Å². The summed E-state index contributed by atoms with van der Waals surface area (Å²) >= 11 is 0. The van der Waals surface area contributed by atoms with Crippen LogP contribution in [0.1, 0.15) is 5.56 Å². The average molecular weight is 319 g/mol. The number of ether oxygens (including phenoxy) is 2. The first-order chi connectivity index (χ1) is 10.6. The lowest BCUT2D eigenvalue weighted by atomic mass is 10.0. The number of hydrogen-bond donors (Lipinski definition) is 1. The molecule has 6 heteroatoms. The molecule has 1 heterocycles. The number of benzene rings is 2. The molecule has 0 saturated heterocycles. The zero-order valence-corrected chi connectivity index (χ0v) is 13.0. The standard InChI is InChI=1S/C16H17NO4S/c1-20-15-8-4-5-9-16(15)22(18,19)17-13-10-12-6-2-3-7-14(12)21-11-13/h2-9,13,17H,10-11H2,1H3/t13-/m1/s1. The van der Waals surface area contributed by atoms with Crippen LogP contribution in [0.3, 0.4) is 0 Å². The maximum Gasteiger partial charge on any atom is 0.244 e. The van der Waals surface area contributed by atoms with Gasteiger partial charge in [-0.1, -0.05) is 30.3 Å². The van der Waals surface area contributed by atoms with Gasteiger partial charge in [0.2, 0.25) is 10.0 Å². The molecule has 116 valence electrons. The summed E-state index contributed by atoms with van der Waals surface area (Å²) in [6.45, 7) is 0.311. The van der Waals surface area contributed by atoms with Crippen molar-refractivity contribution in [2.75, 3.05) is 13.7 Å². The van der Waals surface area contributed by atoms with Gasteiger partial charge in [-0.05, 0) is 30.2 Å². The lowest BCUT2D eigenvalue weighted by Crippen LogP contribution is -2.42. The van der Waals surface area contributed by atoms with E-state index in [4.69, 9.17) is 9.47 Å². The zero-order chi connectivity index (χ0) is 15.6. The number of nitrogens with one attached hydrogen (secondary N) is 1. The first-order valence-electron chi connectivity index (χ1n) is 6.96. The smallest absolute Gasteiger partial charge is 0.244 e. The predicted octanol–water partition coefficient (Wildman–Crippen LogP) is 1.98. The molecule has 0 fully saturated rings. The van der Waals surface area contributed by atoms with Gasteiger partial charge >= 0.3 is 0 Å². The maximum absolute atomic E-state index is 12.5. The molecule has 0 spiro atoms. The Hall–Kier alpha value is -2.05. The quantitative estimate of drug-likeness (QED) is 0.936. The third-order valence-corrected chi connectivity index (χ3v) is 5.12. The predicted molar refractivity (Wildman–Crippen MR) is 82.7 cm³/mol. The molecule has 22 heavy (non-hydrogen) atoms. The molecular formula is C16H17NO4S. The summed E-state index contributed by atoms with van der Waals surface area (Å²) in [6.07, 6.45) is 0.602. The fourth-order valence-corrected chi connectivity index (χ4v) is 3.92. The monoisotopic (exact) mass is 319 g/mol. The molecular weight excluding hydrogens is 302 g/mol. The van der Waals surface area contributed by atoms with Gasteiger partial charge in [-0.3, -0.25) is 0 Å². The van der Waals surface area contributed by atoms with Crippen LogP contribution in [0.4, 0.5) is 0 Å². The Bertz CT molecular complexity index is 773. The Morgan fingerprint density at radius 1 is 1.14 bits per heavy atom. The van der Waals surface area contributed by atoms with Gasteiger partial charge in [-0.25, -0.2) is 13.1 Å². The zero-order valence-electron chi connectivity index (χ0n) is 12.2. The Morgan fingerprint density at radius 3 is 2.68 bits per heavy atom. The summed E-state index contributed by atoms with van der Waals surface area (Å²) < 4.78 is 38.5. The largest absolute Gasteiger partial charge is 0.495 e. The molecule has 0 aliphatic carbocycles. The molecule has 0 unspecified atom stereocenters. The van der Waals surface area contributed by atoms with E-state index >= 15 is 0 Å². The summed E-state index contributed by atoms with van der Waals surface area (Å²) in [5, 5.41) is 0. The second-order valence-electron chi connectivity index (χ2n) is 5.09. The van der Waals surface area contributed by atoms with Crippen molar-refractivity contribution < 1.29 is 17.9 Å². The summed E-state index contributed by atoms with van der Waals surface area (Å²) in [7, 11) is -2.21. The molecule has 1 atom stereocenters. The normalized spacial score (nSPS) is 17.4. The van der Waals surface area contributed by atoms with Crippen LogP contribution in [-0.4, -0.2) is 28.2 Å². The Labute approximate surface area is 129 Å². The van der Waals surface area contributed by atoms with Crippen LogP contribution in [-0.2, 0) is 16.4 Å². The van der Waals surface area contributed by atoms with Crippen LogP contribution in [0.5, 0.6) is 11.5 Å². The van der Waals surface area contributed by atoms with Crippen LogP contribution in [0.2, 0.25) is 0 Å². The van der Waals surface area contributed by atoms with E-state index in [9.17, 15) is 8.42 Å². The van der Waals surface area contributed by atoms with Crippen LogP contribution in [0, 0.1) is 0 Å². The van der Waals surface area contributed by atoms with E-state index in [0.717, 1.165) is 11.3 Å². The minimum atomic E-state index is -3.66. The number of methoxy groups -OCH3 is 1. The van der Waals surface area contributed by atoms with Crippen molar-refractivity contribution >= 4 is 10.0 Å². The molecule has 0 bridgehead atoms. The van der Waals surface area contributed by atoms with Gasteiger partial charge < -0.3 is 9.47 Å². The summed E-state index contributed by atoms with van der Waals surface area (Å²) in [5.41, 5.74) is 1.00. The van der Waals surface area contributed by atoms with Crippen LogP contribution in [0.15, 0.2) is 53.4 Å². The van der Waals surface area contributed by atoms with Crippen molar-refractivity contribution in [1.29, 1.82) is 0 Å². The van der Waals surface area contributed by atoms with E-state index in [-0.39, 0.29) is 10.9 Å². The van der Waals surface area contributed by atoms with Crippen molar-refractivity contribution in [2.24, 2.45) is 0 Å². The molecule has 0 amide bonds. The highest BCUT2D eigenvalue weighted by Crippen LogP contribution is 2.26. The van der Waals surface area contributed by atoms with Crippen LogP contribution < -0.4 is 14.2 Å². The third-order valence-electron chi connectivity index (χ3n) is 3.56. The molecule has 0 radical (unpaired) electrons. The molecule has 1 N–H and O–H groups in total. The van der Waals surface area contributed by atoms with Crippen molar-refractivity contribution in [2.45, 2.75) is 17.4 Å². The van der Waals surface area contributed by atoms with Crippen LogP contribution >= 0.6 is 0 Å².